The first-order valence-electron chi connectivity index (χ1n) is 5.63. The molecule has 0 unspecified atom stereocenters. The van der Waals surface area contributed by atoms with Gasteiger partial charge in [-0.25, -0.2) is 0 Å². The summed E-state index contributed by atoms with van der Waals surface area (Å²) in [6.45, 7) is 7.78. The molecule has 1 aromatic heterocycles. The van der Waals surface area contributed by atoms with E-state index < -0.39 is 0 Å². The van der Waals surface area contributed by atoms with Crippen molar-refractivity contribution >= 4 is 40.3 Å². The summed E-state index contributed by atoms with van der Waals surface area (Å²) >= 11 is 6.58. The van der Waals surface area contributed by atoms with E-state index >= 15 is 0 Å². The first kappa shape index (κ1) is 13.4. The van der Waals surface area contributed by atoms with Crippen molar-refractivity contribution < 1.29 is 9.21 Å². The second-order valence-corrected chi connectivity index (χ2v) is 6.81. The van der Waals surface area contributed by atoms with Gasteiger partial charge in [0.1, 0.15) is 15.8 Å². The van der Waals surface area contributed by atoms with Crippen molar-refractivity contribution in [2.45, 2.75) is 33.2 Å². The Labute approximate surface area is 116 Å². The van der Waals surface area contributed by atoms with E-state index in [1.54, 1.807) is 11.0 Å². The van der Waals surface area contributed by atoms with Crippen molar-refractivity contribution in [3.8, 4) is 0 Å². The number of hydrogen-bond acceptors (Lipinski definition) is 4. The molecule has 2 heterocycles. The highest BCUT2D eigenvalue weighted by Gasteiger charge is 2.39. The van der Waals surface area contributed by atoms with Gasteiger partial charge in [0.15, 0.2) is 0 Å². The van der Waals surface area contributed by atoms with Crippen LogP contribution in [0.5, 0.6) is 0 Å². The average molecular weight is 281 g/mol. The first-order chi connectivity index (χ1) is 8.29. The number of nitrogens with zero attached hydrogens (tertiary/aromatic N) is 1. The summed E-state index contributed by atoms with van der Waals surface area (Å²) in [6.07, 6.45) is 1.75. The smallest absolute Gasteiger partial charge is 0.266 e. The molecular weight excluding hydrogens is 266 g/mol. The molecule has 0 bridgehead atoms. The van der Waals surface area contributed by atoms with Gasteiger partial charge in [0.05, 0.1) is 4.91 Å². The molecule has 1 amide bonds. The zero-order valence-electron chi connectivity index (χ0n) is 10.8. The van der Waals surface area contributed by atoms with Gasteiger partial charge in [-0.1, -0.05) is 24.0 Å². The second kappa shape index (κ2) is 4.55. The normalized spacial score (nSPS) is 19.1. The van der Waals surface area contributed by atoms with Gasteiger partial charge in [0.25, 0.3) is 5.91 Å². The minimum absolute atomic E-state index is 0.0495. The molecule has 0 N–H and O–H groups in total. The summed E-state index contributed by atoms with van der Waals surface area (Å²) in [6, 6.07) is 3.72. The maximum absolute atomic E-state index is 12.3. The highest BCUT2D eigenvalue weighted by Crippen LogP contribution is 2.36. The van der Waals surface area contributed by atoms with Gasteiger partial charge >= 0.3 is 0 Å². The van der Waals surface area contributed by atoms with Crippen LogP contribution in [0.3, 0.4) is 0 Å². The number of amides is 1. The van der Waals surface area contributed by atoms with E-state index in [2.05, 4.69) is 0 Å². The molecule has 0 aromatic carbocycles. The Kier molecular flexibility index (Phi) is 3.38. The summed E-state index contributed by atoms with van der Waals surface area (Å²) in [5.41, 5.74) is -0.296. The number of thioether (sulfide) groups is 1. The van der Waals surface area contributed by atoms with Crippen LogP contribution in [-0.2, 0) is 4.79 Å². The standard InChI is InChI=1S/C13H15NO2S2/c1-8-5-6-9(16-8)7-10-11(15)14(12(17)18-10)13(2,3)4/h5-7H,1-4H3/b10-7+. The fourth-order valence-corrected chi connectivity index (χ4v) is 3.32. The molecule has 2 rings (SSSR count). The number of thiocarbonyl (C=S) groups is 1. The quantitative estimate of drug-likeness (QED) is 0.582. The topological polar surface area (TPSA) is 33.5 Å². The molecule has 0 saturated carbocycles. The zero-order chi connectivity index (χ0) is 13.5. The van der Waals surface area contributed by atoms with E-state index in [0.717, 1.165) is 5.76 Å². The molecule has 1 aromatic rings. The predicted molar refractivity (Wildman–Crippen MR) is 78.2 cm³/mol. The minimum Gasteiger partial charge on any atom is -0.462 e. The third-order valence-electron chi connectivity index (χ3n) is 2.50. The van der Waals surface area contributed by atoms with E-state index in [1.165, 1.54) is 11.8 Å². The largest absolute Gasteiger partial charge is 0.462 e. The van der Waals surface area contributed by atoms with Crippen molar-refractivity contribution in [2.75, 3.05) is 0 Å². The summed E-state index contributed by atoms with van der Waals surface area (Å²) < 4.78 is 6.05. The van der Waals surface area contributed by atoms with Gasteiger partial charge in [-0.05, 0) is 39.8 Å². The Bertz CT molecular complexity index is 537. The van der Waals surface area contributed by atoms with Crippen LogP contribution in [-0.4, -0.2) is 20.7 Å². The van der Waals surface area contributed by atoms with Crippen LogP contribution in [0.1, 0.15) is 32.3 Å². The Hall–Kier alpha value is -1.07. The lowest BCUT2D eigenvalue weighted by Crippen LogP contribution is -2.44. The predicted octanol–water partition coefficient (Wildman–Crippen LogP) is 3.59. The highest BCUT2D eigenvalue weighted by atomic mass is 32.2. The lowest BCUT2D eigenvalue weighted by molar-refractivity contribution is -0.125. The van der Waals surface area contributed by atoms with Crippen LogP contribution in [0.2, 0.25) is 0 Å². The van der Waals surface area contributed by atoms with Crippen molar-refractivity contribution in [1.29, 1.82) is 0 Å². The molecule has 1 aliphatic rings. The molecule has 0 aliphatic carbocycles. The fraction of sp³-hybridized carbons (Fsp3) is 0.385. The van der Waals surface area contributed by atoms with Crippen LogP contribution in [0, 0.1) is 6.92 Å². The lowest BCUT2D eigenvalue weighted by atomic mass is 10.1. The van der Waals surface area contributed by atoms with Gasteiger partial charge in [0, 0.05) is 11.6 Å². The molecule has 96 valence electrons. The summed E-state index contributed by atoms with van der Waals surface area (Å²) in [5.74, 6) is 1.46. The number of carbonyl (C=O) groups excluding carboxylic acids is 1. The summed E-state index contributed by atoms with van der Waals surface area (Å²) in [7, 11) is 0. The monoisotopic (exact) mass is 281 g/mol. The number of rotatable bonds is 1. The van der Waals surface area contributed by atoms with Crippen LogP contribution < -0.4 is 0 Å². The van der Waals surface area contributed by atoms with Crippen LogP contribution in [0.15, 0.2) is 21.5 Å². The van der Waals surface area contributed by atoms with Crippen LogP contribution in [0.25, 0.3) is 6.08 Å². The Morgan fingerprint density at radius 3 is 2.50 bits per heavy atom. The van der Waals surface area contributed by atoms with Crippen molar-refractivity contribution in [2.24, 2.45) is 0 Å². The summed E-state index contributed by atoms with van der Waals surface area (Å²) in [5, 5.41) is 0. The maximum atomic E-state index is 12.3. The average Bonchev–Trinajstić information content (AvgIpc) is 2.71. The van der Waals surface area contributed by atoms with Gasteiger partial charge in [-0.15, -0.1) is 0 Å². The van der Waals surface area contributed by atoms with E-state index in [9.17, 15) is 4.79 Å². The molecule has 1 saturated heterocycles. The first-order valence-corrected chi connectivity index (χ1v) is 6.86. The highest BCUT2D eigenvalue weighted by molar-refractivity contribution is 8.26. The number of aryl methyl sites for hydroxylation is 1. The molecule has 18 heavy (non-hydrogen) atoms. The van der Waals surface area contributed by atoms with Crippen molar-refractivity contribution in [3.63, 3.8) is 0 Å². The molecule has 1 aliphatic heterocycles. The van der Waals surface area contributed by atoms with Crippen LogP contribution >= 0.6 is 24.0 Å². The Balaban J connectivity index is 2.31. The number of hydrogen-bond donors (Lipinski definition) is 0. The molecule has 1 fully saturated rings. The molecule has 3 nitrogen and oxygen atoms in total. The van der Waals surface area contributed by atoms with Gasteiger partial charge in [0.2, 0.25) is 0 Å². The molecule has 0 atom stereocenters. The third-order valence-corrected chi connectivity index (χ3v) is 3.80. The fourth-order valence-electron chi connectivity index (χ4n) is 1.71. The van der Waals surface area contributed by atoms with E-state index in [-0.39, 0.29) is 11.4 Å². The van der Waals surface area contributed by atoms with Gasteiger partial charge < -0.3 is 4.42 Å². The molecule has 0 radical (unpaired) electrons. The zero-order valence-corrected chi connectivity index (χ0v) is 12.4. The van der Waals surface area contributed by atoms with E-state index in [4.69, 9.17) is 16.6 Å². The molecular formula is C13H15NO2S2. The minimum atomic E-state index is -0.296. The Morgan fingerprint density at radius 2 is 2.06 bits per heavy atom. The lowest BCUT2D eigenvalue weighted by Gasteiger charge is -2.30. The Morgan fingerprint density at radius 1 is 1.39 bits per heavy atom. The van der Waals surface area contributed by atoms with Gasteiger partial charge in [-0.3, -0.25) is 9.69 Å². The van der Waals surface area contributed by atoms with Crippen molar-refractivity contribution in [3.05, 3.63) is 28.6 Å². The third kappa shape index (κ3) is 2.52. The van der Waals surface area contributed by atoms with Gasteiger partial charge in [-0.2, -0.15) is 0 Å². The van der Waals surface area contributed by atoms with E-state index in [0.29, 0.717) is 15.0 Å². The number of carbonyl (C=O) groups is 1. The molecule has 5 heteroatoms. The van der Waals surface area contributed by atoms with Crippen molar-refractivity contribution in [1.82, 2.24) is 4.90 Å². The SMILES string of the molecule is Cc1ccc(/C=C2/SC(=S)N(C(C)(C)C)C2=O)o1. The maximum Gasteiger partial charge on any atom is 0.266 e. The van der Waals surface area contributed by atoms with E-state index in [1.807, 2.05) is 39.8 Å². The molecule has 0 spiro atoms. The summed E-state index contributed by atoms with van der Waals surface area (Å²) in [4.78, 5) is 14.5. The second-order valence-electron chi connectivity index (χ2n) is 5.14. The number of furan rings is 1. The van der Waals surface area contributed by atoms with Crippen LogP contribution in [0.4, 0.5) is 0 Å².